The molecule has 0 spiro atoms. The van der Waals surface area contributed by atoms with Gasteiger partial charge in [-0.25, -0.2) is 13.8 Å². The number of hydrogen-bond acceptors (Lipinski definition) is 3. The summed E-state index contributed by atoms with van der Waals surface area (Å²) in [5, 5.41) is 10.4. The minimum atomic E-state index is -0.944. The number of nitrogens with zero attached hydrogens (tertiary/aromatic N) is 2. The lowest BCUT2D eigenvalue weighted by atomic mass is 9.88. The van der Waals surface area contributed by atoms with Crippen molar-refractivity contribution < 1.29 is 18.7 Å². The minimum absolute atomic E-state index is 0.119. The largest absolute Gasteiger partial charge is 0.393 e. The van der Waals surface area contributed by atoms with Gasteiger partial charge in [0.1, 0.15) is 5.82 Å². The molecule has 1 unspecified atom stereocenters. The summed E-state index contributed by atoms with van der Waals surface area (Å²) in [7, 11) is 0. The van der Waals surface area contributed by atoms with Crippen LogP contribution < -0.4 is 0 Å². The van der Waals surface area contributed by atoms with Crippen LogP contribution in [-0.2, 0) is 6.42 Å². The van der Waals surface area contributed by atoms with Gasteiger partial charge in [-0.05, 0) is 37.2 Å². The number of halogens is 2. The van der Waals surface area contributed by atoms with E-state index >= 15 is 0 Å². The van der Waals surface area contributed by atoms with Gasteiger partial charge in [-0.2, -0.15) is 0 Å². The van der Waals surface area contributed by atoms with E-state index in [4.69, 9.17) is 0 Å². The van der Waals surface area contributed by atoms with Gasteiger partial charge < -0.3 is 10.0 Å². The van der Waals surface area contributed by atoms with Crippen LogP contribution in [0.2, 0.25) is 0 Å². The Balaban J connectivity index is 1.51. The van der Waals surface area contributed by atoms with Crippen molar-refractivity contribution in [2.75, 3.05) is 13.1 Å². The van der Waals surface area contributed by atoms with Crippen LogP contribution in [0.5, 0.6) is 0 Å². The van der Waals surface area contributed by atoms with E-state index in [1.807, 2.05) is 30.3 Å². The molecule has 26 heavy (non-hydrogen) atoms. The number of piperidine rings is 1. The number of aliphatic hydroxyl groups excluding tert-OH is 1. The molecule has 2 heterocycles. The zero-order chi connectivity index (χ0) is 18.5. The number of likely N-dealkylation sites (tertiary alicyclic amines) is 1. The second-order valence-corrected chi connectivity index (χ2v) is 6.71. The lowest BCUT2D eigenvalue weighted by molar-refractivity contribution is 0.0430. The van der Waals surface area contributed by atoms with E-state index in [2.05, 4.69) is 4.98 Å². The first-order valence-electron chi connectivity index (χ1n) is 8.87. The molecule has 1 atom stereocenters. The highest BCUT2D eigenvalue weighted by Gasteiger charge is 2.29. The molecule has 0 radical (unpaired) electrons. The SMILES string of the molecule is O=C(c1ncc(F)cc1F)N1CCC(C(O)CCc2ccccc2)CC1. The van der Waals surface area contributed by atoms with Crippen molar-refractivity contribution in [3.63, 3.8) is 0 Å². The average molecular weight is 360 g/mol. The maximum atomic E-state index is 13.7. The molecule has 0 bridgehead atoms. The maximum Gasteiger partial charge on any atom is 0.275 e. The van der Waals surface area contributed by atoms with Gasteiger partial charge in [0.25, 0.3) is 5.91 Å². The Kier molecular flexibility index (Phi) is 5.93. The molecule has 1 amide bonds. The van der Waals surface area contributed by atoms with E-state index in [-0.39, 0.29) is 11.6 Å². The van der Waals surface area contributed by atoms with E-state index in [1.165, 1.54) is 10.5 Å². The molecule has 1 aromatic carbocycles. The monoisotopic (exact) mass is 360 g/mol. The Bertz CT molecular complexity index is 747. The summed E-state index contributed by atoms with van der Waals surface area (Å²) < 4.78 is 26.7. The van der Waals surface area contributed by atoms with Gasteiger partial charge in [0, 0.05) is 19.2 Å². The van der Waals surface area contributed by atoms with E-state index in [0.29, 0.717) is 38.4 Å². The van der Waals surface area contributed by atoms with Crippen LogP contribution in [0.25, 0.3) is 0 Å². The van der Waals surface area contributed by atoms with E-state index in [9.17, 15) is 18.7 Å². The van der Waals surface area contributed by atoms with Crippen molar-refractivity contribution in [3.8, 4) is 0 Å². The Hall–Kier alpha value is -2.34. The van der Waals surface area contributed by atoms with Crippen LogP contribution in [0.15, 0.2) is 42.6 Å². The number of aryl methyl sites for hydroxylation is 1. The molecule has 4 nitrogen and oxygen atoms in total. The molecular formula is C20H22F2N2O2. The fourth-order valence-corrected chi connectivity index (χ4v) is 3.40. The molecule has 138 valence electrons. The maximum absolute atomic E-state index is 13.7. The summed E-state index contributed by atoms with van der Waals surface area (Å²) in [6.07, 6.45) is 3.22. The van der Waals surface area contributed by atoms with Crippen LogP contribution in [-0.4, -0.2) is 40.1 Å². The molecule has 1 aromatic heterocycles. The van der Waals surface area contributed by atoms with Crippen molar-refractivity contribution in [2.24, 2.45) is 5.92 Å². The fourth-order valence-electron chi connectivity index (χ4n) is 3.40. The molecular weight excluding hydrogens is 338 g/mol. The summed E-state index contributed by atoms with van der Waals surface area (Å²) in [6.45, 7) is 0.870. The number of carbonyl (C=O) groups is 1. The van der Waals surface area contributed by atoms with E-state index in [1.54, 1.807) is 0 Å². The second kappa shape index (κ2) is 8.36. The van der Waals surface area contributed by atoms with Gasteiger partial charge in [0.2, 0.25) is 0 Å². The number of aromatic nitrogens is 1. The average Bonchev–Trinajstić information content (AvgIpc) is 2.66. The Morgan fingerprint density at radius 3 is 2.58 bits per heavy atom. The number of hydrogen-bond donors (Lipinski definition) is 1. The number of pyridine rings is 1. The highest BCUT2D eigenvalue weighted by molar-refractivity contribution is 5.92. The van der Waals surface area contributed by atoms with Gasteiger partial charge in [-0.3, -0.25) is 4.79 Å². The normalized spacial score (nSPS) is 16.5. The van der Waals surface area contributed by atoms with Crippen LogP contribution in [0, 0.1) is 17.6 Å². The highest BCUT2D eigenvalue weighted by Crippen LogP contribution is 2.24. The van der Waals surface area contributed by atoms with Crippen molar-refractivity contribution in [1.82, 2.24) is 9.88 Å². The third kappa shape index (κ3) is 4.43. The molecule has 1 fully saturated rings. The van der Waals surface area contributed by atoms with Crippen LogP contribution in [0.1, 0.15) is 35.3 Å². The van der Waals surface area contributed by atoms with Crippen molar-refractivity contribution in [3.05, 3.63) is 65.5 Å². The molecule has 6 heteroatoms. The predicted molar refractivity (Wildman–Crippen MR) is 93.6 cm³/mol. The Labute approximate surface area is 151 Å². The van der Waals surface area contributed by atoms with Gasteiger partial charge in [-0.1, -0.05) is 30.3 Å². The zero-order valence-corrected chi connectivity index (χ0v) is 14.4. The standard InChI is InChI=1S/C20H22F2N2O2/c21-16-12-17(22)19(23-13-16)20(26)24-10-8-15(9-11-24)18(25)7-6-14-4-2-1-3-5-14/h1-5,12-13,15,18,25H,6-11H2. The quantitative estimate of drug-likeness (QED) is 0.891. The van der Waals surface area contributed by atoms with E-state index in [0.717, 1.165) is 12.6 Å². The van der Waals surface area contributed by atoms with E-state index < -0.39 is 23.6 Å². The summed E-state index contributed by atoms with van der Waals surface area (Å²) in [4.78, 5) is 17.5. The Morgan fingerprint density at radius 2 is 1.92 bits per heavy atom. The highest BCUT2D eigenvalue weighted by atomic mass is 19.1. The molecule has 2 aromatic rings. The number of rotatable bonds is 5. The molecule has 1 N–H and O–H groups in total. The second-order valence-electron chi connectivity index (χ2n) is 6.71. The third-order valence-electron chi connectivity index (χ3n) is 4.95. The lowest BCUT2D eigenvalue weighted by Crippen LogP contribution is -2.42. The number of benzene rings is 1. The Morgan fingerprint density at radius 1 is 1.23 bits per heavy atom. The summed E-state index contributed by atoms with van der Waals surface area (Å²) in [5.41, 5.74) is 0.839. The molecule has 1 aliphatic heterocycles. The first kappa shape index (κ1) is 18.5. The summed E-state index contributed by atoms with van der Waals surface area (Å²) in [5.74, 6) is -2.16. The minimum Gasteiger partial charge on any atom is -0.393 e. The van der Waals surface area contributed by atoms with Gasteiger partial charge in [0.15, 0.2) is 11.5 Å². The lowest BCUT2D eigenvalue weighted by Gasteiger charge is -2.34. The third-order valence-corrected chi connectivity index (χ3v) is 4.95. The van der Waals surface area contributed by atoms with Crippen LogP contribution in [0.3, 0.4) is 0 Å². The zero-order valence-electron chi connectivity index (χ0n) is 14.4. The topological polar surface area (TPSA) is 53.4 Å². The summed E-state index contributed by atoms with van der Waals surface area (Å²) in [6, 6.07) is 10.7. The van der Waals surface area contributed by atoms with Gasteiger partial charge in [0.05, 0.1) is 12.3 Å². The number of carbonyl (C=O) groups excluding carboxylic acids is 1. The van der Waals surface area contributed by atoms with Crippen molar-refractivity contribution in [1.29, 1.82) is 0 Å². The molecule has 0 saturated carbocycles. The smallest absolute Gasteiger partial charge is 0.275 e. The molecule has 1 aliphatic rings. The van der Waals surface area contributed by atoms with Gasteiger partial charge >= 0.3 is 0 Å². The molecule has 1 saturated heterocycles. The molecule has 0 aliphatic carbocycles. The van der Waals surface area contributed by atoms with Crippen LogP contribution in [0.4, 0.5) is 8.78 Å². The first-order chi connectivity index (χ1) is 12.5. The van der Waals surface area contributed by atoms with Crippen LogP contribution >= 0.6 is 0 Å². The van der Waals surface area contributed by atoms with Crippen molar-refractivity contribution in [2.45, 2.75) is 31.8 Å². The van der Waals surface area contributed by atoms with Gasteiger partial charge in [-0.15, -0.1) is 0 Å². The number of amides is 1. The fraction of sp³-hybridized carbons (Fsp3) is 0.400. The number of aliphatic hydroxyl groups is 1. The first-order valence-corrected chi connectivity index (χ1v) is 8.87. The molecule has 3 rings (SSSR count). The van der Waals surface area contributed by atoms with Crippen molar-refractivity contribution >= 4 is 5.91 Å². The summed E-state index contributed by atoms with van der Waals surface area (Å²) >= 11 is 0. The predicted octanol–water partition coefficient (Wildman–Crippen LogP) is 3.21.